The van der Waals surface area contributed by atoms with Crippen LogP contribution in [0.2, 0.25) is 0 Å². The normalized spacial score (nSPS) is 22.2. The lowest BCUT2D eigenvalue weighted by Crippen LogP contribution is -2.00. The van der Waals surface area contributed by atoms with Gasteiger partial charge in [0.1, 0.15) is 5.75 Å². The molecule has 17 heavy (non-hydrogen) atoms. The Labute approximate surface area is 109 Å². The van der Waals surface area contributed by atoms with Gasteiger partial charge in [0, 0.05) is 4.47 Å². The van der Waals surface area contributed by atoms with Crippen molar-refractivity contribution >= 4 is 21.9 Å². The topological polar surface area (TPSA) is 46.5 Å². The van der Waals surface area contributed by atoms with Gasteiger partial charge in [0.25, 0.3) is 0 Å². The second-order valence-corrected chi connectivity index (χ2v) is 5.35. The van der Waals surface area contributed by atoms with Crippen LogP contribution in [0, 0.1) is 11.8 Å². The van der Waals surface area contributed by atoms with Crippen LogP contribution in [0.15, 0.2) is 22.7 Å². The van der Waals surface area contributed by atoms with Gasteiger partial charge in [-0.05, 0) is 48.9 Å². The summed E-state index contributed by atoms with van der Waals surface area (Å²) in [6.07, 6.45) is 2.62. The van der Waals surface area contributed by atoms with E-state index in [9.17, 15) is 4.79 Å². The number of hydrogen-bond acceptors (Lipinski definition) is 2. The van der Waals surface area contributed by atoms with Gasteiger partial charge in [-0.1, -0.05) is 15.9 Å². The van der Waals surface area contributed by atoms with E-state index in [2.05, 4.69) is 15.9 Å². The molecule has 0 aliphatic heterocycles. The summed E-state index contributed by atoms with van der Waals surface area (Å²) in [6.45, 7) is 0. The summed E-state index contributed by atoms with van der Waals surface area (Å²) >= 11 is 3.43. The number of aliphatic carboxylic acids is 1. The van der Waals surface area contributed by atoms with E-state index >= 15 is 0 Å². The first-order chi connectivity index (χ1) is 8.11. The molecule has 0 spiro atoms. The van der Waals surface area contributed by atoms with Crippen molar-refractivity contribution in [2.24, 2.45) is 11.8 Å². The van der Waals surface area contributed by atoms with Crippen molar-refractivity contribution in [1.29, 1.82) is 0 Å². The summed E-state index contributed by atoms with van der Waals surface area (Å²) < 4.78 is 6.32. The zero-order valence-electron chi connectivity index (χ0n) is 9.65. The van der Waals surface area contributed by atoms with Crippen molar-refractivity contribution in [2.75, 3.05) is 7.11 Å². The lowest BCUT2D eigenvalue weighted by molar-refractivity contribution is -0.138. The molecule has 1 aromatic rings. The minimum atomic E-state index is -0.656. The molecule has 92 valence electrons. The number of carboxylic acids is 1. The van der Waals surface area contributed by atoms with Gasteiger partial charge in [0.15, 0.2) is 0 Å². The highest BCUT2D eigenvalue weighted by molar-refractivity contribution is 9.10. The Hall–Kier alpha value is -1.03. The van der Waals surface area contributed by atoms with E-state index in [1.807, 2.05) is 18.2 Å². The van der Waals surface area contributed by atoms with Crippen molar-refractivity contribution in [3.8, 4) is 5.75 Å². The number of benzene rings is 1. The second-order valence-electron chi connectivity index (χ2n) is 4.44. The molecular weight excluding hydrogens is 284 g/mol. The number of carbonyl (C=O) groups is 1. The standard InChI is InChI=1S/C13H15BrO3/c1-17-12-5-4-10(14)6-9(12)3-2-8-7-11(8)13(15)16/h4-6,8,11H,2-3,7H2,1H3,(H,15,16). The molecule has 0 heterocycles. The number of methoxy groups -OCH3 is 1. The van der Waals surface area contributed by atoms with Crippen LogP contribution < -0.4 is 4.74 Å². The van der Waals surface area contributed by atoms with Crippen LogP contribution in [0.25, 0.3) is 0 Å². The van der Waals surface area contributed by atoms with Crippen LogP contribution in [0.4, 0.5) is 0 Å². The third kappa shape index (κ3) is 3.00. The highest BCUT2D eigenvalue weighted by atomic mass is 79.9. The van der Waals surface area contributed by atoms with Crippen LogP contribution in [0.5, 0.6) is 5.75 Å². The fourth-order valence-electron chi connectivity index (χ4n) is 2.15. The summed E-state index contributed by atoms with van der Waals surface area (Å²) in [5.74, 6) is 0.446. The third-order valence-electron chi connectivity index (χ3n) is 3.27. The maximum absolute atomic E-state index is 10.7. The molecule has 1 N–H and O–H groups in total. The number of rotatable bonds is 5. The minimum Gasteiger partial charge on any atom is -0.496 e. The monoisotopic (exact) mass is 298 g/mol. The fourth-order valence-corrected chi connectivity index (χ4v) is 2.56. The number of halogens is 1. The van der Waals surface area contributed by atoms with E-state index in [4.69, 9.17) is 9.84 Å². The van der Waals surface area contributed by atoms with Crippen molar-refractivity contribution in [3.63, 3.8) is 0 Å². The van der Waals surface area contributed by atoms with Gasteiger partial charge < -0.3 is 9.84 Å². The first-order valence-electron chi connectivity index (χ1n) is 5.67. The zero-order chi connectivity index (χ0) is 12.4. The predicted octanol–water partition coefficient (Wildman–Crippen LogP) is 3.11. The van der Waals surface area contributed by atoms with E-state index in [-0.39, 0.29) is 5.92 Å². The molecule has 0 radical (unpaired) electrons. The molecule has 1 saturated carbocycles. The number of carboxylic acid groups (broad SMARTS) is 1. The van der Waals surface area contributed by atoms with Gasteiger partial charge in [-0.3, -0.25) is 4.79 Å². The summed E-state index contributed by atoms with van der Waals surface area (Å²) in [5.41, 5.74) is 1.14. The van der Waals surface area contributed by atoms with Crippen LogP contribution in [0.1, 0.15) is 18.4 Å². The summed E-state index contributed by atoms with van der Waals surface area (Å²) in [7, 11) is 1.66. The molecule has 4 heteroatoms. The van der Waals surface area contributed by atoms with E-state index < -0.39 is 5.97 Å². The predicted molar refractivity (Wildman–Crippen MR) is 68.2 cm³/mol. The Morgan fingerprint density at radius 1 is 1.59 bits per heavy atom. The number of hydrogen-bond donors (Lipinski definition) is 1. The molecule has 2 unspecified atom stereocenters. The lowest BCUT2D eigenvalue weighted by Gasteiger charge is -2.08. The largest absolute Gasteiger partial charge is 0.496 e. The molecule has 0 aromatic heterocycles. The molecule has 1 aromatic carbocycles. The van der Waals surface area contributed by atoms with Crippen LogP contribution in [-0.2, 0) is 11.2 Å². The Morgan fingerprint density at radius 3 is 2.94 bits per heavy atom. The van der Waals surface area contributed by atoms with Crippen molar-refractivity contribution in [3.05, 3.63) is 28.2 Å². The van der Waals surface area contributed by atoms with Crippen molar-refractivity contribution in [1.82, 2.24) is 0 Å². The van der Waals surface area contributed by atoms with E-state index in [0.29, 0.717) is 5.92 Å². The third-order valence-corrected chi connectivity index (χ3v) is 3.76. The Balaban J connectivity index is 1.95. The molecule has 0 saturated heterocycles. The molecule has 1 aliphatic carbocycles. The van der Waals surface area contributed by atoms with Gasteiger partial charge in [-0.25, -0.2) is 0 Å². The maximum atomic E-state index is 10.7. The number of aryl methyl sites for hydroxylation is 1. The van der Waals surface area contributed by atoms with Gasteiger partial charge in [-0.2, -0.15) is 0 Å². The van der Waals surface area contributed by atoms with E-state index in [0.717, 1.165) is 35.0 Å². The second kappa shape index (κ2) is 5.08. The Bertz CT molecular complexity index is 431. The average molecular weight is 299 g/mol. The zero-order valence-corrected chi connectivity index (χ0v) is 11.2. The highest BCUT2D eigenvalue weighted by Crippen LogP contribution is 2.42. The molecule has 2 atom stereocenters. The highest BCUT2D eigenvalue weighted by Gasteiger charge is 2.42. The molecule has 3 nitrogen and oxygen atoms in total. The quantitative estimate of drug-likeness (QED) is 0.908. The Morgan fingerprint density at radius 2 is 2.35 bits per heavy atom. The SMILES string of the molecule is COc1ccc(Br)cc1CCC1CC1C(=O)O. The summed E-state index contributed by atoms with van der Waals surface area (Å²) in [5, 5.41) is 8.83. The molecule has 1 fully saturated rings. The molecule has 1 aliphatic rings. The van der Waals surface area contributed by atoms with Crippen LogP contribution >= 0.6 is 15.9 Å². The van der Waals surface area contributed by atoms with Crippen LogP contribution in [0.3, 0.4) is 0 Å². The summed E-state index contributed by atoms with van der Waals surface area (Å²) in [4.78, 5) is 10.7. The molecule has 0 amide bonds. The van der Waals surface area contributed by atoms with Gasteiger partial charge in [0.2, 0.25) is 0 Å². The van der Waals surface area contributed by atoms with Gasteiger partial charge >= 0.3 is 5.97 Å². The van der Waals surface area contributed by atoms with Crippen LogP contribution in [-0.4, -0.2) is 18.2 Å². The van der Waals surface area contributed by atoms with Crippen molar-refractivity contribution in [2.45, 2.75) is 19.3 Å². The smallest absolute Gasteiger partial charge is 0.306 e. The average Bonchev–Trinajstić information content (AvgIpc) is 3.06. The fraction of sp³-hybridized carbons (Fsp3) is 0.462. The summed E-state index contributed by atoms with van der Waals surface area (Å²) in [6, 6.07) is 5.91. The van der Waals surface area contributed by atoms with Crippen molar-refractivity contribution < 1.29 is 14.6 Å². The van der Waals surface area contributed by atoms with E-state index in [1.165, 1.54) is 0 Å². The first-order valence-corrected chi connectivity index (χ1v) is 6.46. The first kappa shape index (κ1) is 12.4. The molecule has 0 bridgehead atoms. The van der Waals surface area contributed by atoms with Gasteiger partial charge in [-0.15, -0.1) is 0 Å². The lowest BCUT2D eigenvalue weighted by atomic mass is 10.1. The van der Waals surface area contributed by atoms with E-state index in [1.54, 1.807) is 7.11 Å². The Kier molecular flexibility index (Phi) is 3.72. The maximum Gasteiger partial charge on any atom is 0.306 e. The minimum absolute atomic E-state index is 0.117. The van der Waals surface area contributed by atoms with Gasteiger partial charge in [0.05, 0.1) is 13.0 Å². The molecule has 2 rings (SSSR count). The number of ether oxygens (including phenoxy) is 1. The molecular formula is C13H15BrO3.